The van der Waals surface area contributed by atoms with Crippen LogP contribution >= 0.6 is 0 Å². The number of rotatable bonds is 4. The van der Waals surface area contributed by atoms with Crippen molar-refractivity contribution in [2.24, 2.45) is 0 Å². The third kappa shape index (κ3) is 2.82. The number of hydrogen-bond acceptors (Lipinski definition) is 3. The zero-order valence-corrected chi connectivity index (χ0v) is 9.10. The van der Waals surface area contributed by atoms with E-state index in [1.54, 1.807) is 16.9 Å². The molecule has 86 valence electrons. The molecule has 0 saturated carbocycles. The fourth-order valence-corrected chi connectivity index (χ4v) is 1.50. The van der Waals surface area contributed by atoms with Crippen molar-refractivity contribution in [2.75, 3.05) is 11.9 Å². The first-order valence-corrected chi connectivity index (χ1v) is 5.20. The van der Waals surface area contributed by atoms with Gasteiger partial charge in [-0.25, -0.2) is 4.39 Å². The lowest BCUT2D eigenvalue weighted by Crippen LogP contribution is -2.11. The summed E-state index contributed by atoms with van der Waals surface area (Å²) in [6.07, 6.45) is 3.57. The lowest BCUT2D eigenvalue weighted by atomic mass is 10.2. The van der Waals surface area contributed by atoms with E-state index >= 15 is 0 Å². The molecule has 0 aliphatic heterocycles. The van der Waals surface area contributed by atoms with Gasteiger partial charge in [0.05, 0.1) is 17.8 Å². The molecule has 4 nitrogen and oxygen atoms in total. The molecule has 0 saturated heterocycles. The van der Waals surface area contributed by atoms with Crippen molar-refractivity contribution in [3.63, 3.8) is 0 Å². The fourth-order valence-electron chi connectivity index (χ4n) is 1.50. The zero-order valence-electron chi connectivity index (χ0n) is 9.10. The highest BCUT2D eigenvalue weighted by Gasteiger charge is 2.02. The number of benzene rings is 1. The number of hydrogen-bond donors (Lipinski definition) is 1. The summed E-state index contributed by atoms with van der Waals surface area (Å²) in [5, 5.41) is 16.0. The Balaban J connectivity index is 1.97. The van der Waals surface area contributed by atoms with Crippen molar-refractivity contribution < 1.29 is 4.39 Å². The third-order valence-electron chi connectivity index (χ3n) is 2.32. The van der Waals surface area contributed by atoms with Crippen molar-refractivity contribution in [2.45, 2.75) is 6.54 Å². The van der Waals surface area contributed by atoms with E-state index in [4.69, 9.17) is 5.26 Å². The Morgan fingerprint density at radius 1 is 1.47 bits per heavy atom. The molecule has 17 heavy (non-hydrogen) atoms. The monoisotopic (exact) mass is 230 g/mol. The van der Waals surface area contributed by atoms with Gasteiger partial charge >= 0.3 is 0 Å². The standard InChI is InChI=1S/C12H11FN4/c13-11-2-3-12(10(8-11)9-14)15-5-7-17-6-1-4-16-17/h1-4,6,8,15H,5,7H2. The minimum atomic E-state index is -0.404. The Bertz CT molecular complexity index is 528. The average Bonchev–Trinajstić information content (AvgIpc) is 2.84. The van der Waals surface area contributed by atoms with Crippen LogP contribution in [0.1, 0.15) is 5.56 Å². The Hall–Kier alpha value is -2.35. The van der Waals surface area contributed by atoms with E-state index in [-0.39, 0.29) is 0 Å². The highest BCUT2D eigenvalue weighted by molar-refractivity contribution is 5.57. The fraction of sp³-hybridized carbons (Fsp3) is 0.167. The van der Waals surface area contributed by atoms with Crippen LogP contribution in [0, 0.1) is 17.1 Å². The second-order valence-corrected chi connectivity index (χ2v) is 3.50. The maximum Gasteiger partial charge on any atom is 0.124 e. The van der Waals surface area contributed by atoms with Crippen molar-refractivity contribution in [1.82, 2.24) is 9.78 Å². The molecule has 0 spiro atoms. The molecule has 0 atom stereocenters. The maximum absolute atomic E-state index is 12.9. The van der Waals surface area contributed by atoms with Crippen molar-refractivity contribution >= 4 is 5.69 Å². The average molecular weight is 230 g/mol. The van der Waals surface area contributed by atoms with E-state index in [0.717, 1.165) is 0 Å². The Morgan fingerprint density at radius 3 is 3.06 bits per heavy atom. The first-order valence-electron chi connectivity index (χ1n) is 5.20. The van der Waals surface area contributed by atoms with Crippen LogP contribution in [-0.2, 0) is 6.54 Å². The smallest absolute Gasteiger partial charge is 0.124 e. The molecular weight excluding hydrogens is 219 g/mol. The van der Waals surface area contributed by atoms with Gasteiger partial charge in [-0.2, -0.15) is 10.4 Å². The van der Waals surface area contributed by atoms with Crippen molar-refractivity contribution in [3.05, 3.63) is 48.0 Å². The summed E-state index contributed by atoms with van der Waals surface area (Å²) < 4.78 is 14.7. The number of anilines is 1. The largest absolute Gasteiger partial charge is 0.382 e. The highest BCUT2D eigenvalue weighted by atomic mass is 19.1. The minimum absolute atomic E-state index is 0.311. The van der Waals surface area contributed by atoms with Crippen LogP contribution in [0.4, 0.5) is 10.1 Å². The number of nitriles is 1. The first-order chi connectivity index (χ1) is 8.29. The van der Waals surface area contributed by atoms with Crippen LogP contribution in [-0.4, -0.2) is 16.3 Å². The molecule has 1 aromatic heterocycles. The molecule has 0 aliphatic carbocycles. The normalized spacial score (nSPS) is 9.88. The number of halogens is 1. The lowest BCUT2D eigenvalue weighted by Gasteiger charge is -2.08. The summed E-state index contributed by atoms with van der Waals surface area (Å²) in [4.78, 5) is 0. The molecule has 1 heterocycles. The molecule has 2 aromatic rings. The van der Waals surface area contributed by atoms with Gasteiger partial charge in [0.2, 0.25) is 0 Å². The zero-order chi connectivity index (χ0) is 12.1. The summed E-state index contributed by atoms with van der Waals surface area (Å²) in [6, 6.07) is 7.92. The summed E-state index contributed by atoms with van der Waals surface area (Å²) in [5.74, 6) is -0.404. The summed E-state index contributed by atoms with van der Waals surface area (Å²) in [5.41, 5.74) is 0.950. The Morgan fingerprint density at radius 2 is 2.35 bits per heavy atom. The predicted octanol–water partition coefficient (Wildman–Crippen LogP) is 2.01. The van der Waals surface area contributed by atoms with Gasteiger partial charge in [-0.3, -0.25) is 4.68 Å². The van der Waals surface area contributed by atoms with Gasteiger partial charge in [0.25, 0.3) is 0 Å². The molecule has 1 aromatic carbocycles. The quantitative estimate of drug-likeness (QED) is 0.874. The van der Waals surface area contributed by atoms with Crippen LogP contribution in [0.25, 0.3) is 0 Å². The van der Waals surface area contributed by atoms with Gasteiger partial charge in [0, 0.05) is 18.9 Å². The first kappa shape index (κ1) is 11.1. The number of nitrogens with one attached hydrogen (secondary N) is 1. The third-order valence-corrected chi connectivity index (χ3v) is 2.32. The van der Waals surface area contributed by atoms with E-state index in [0.29, 0.717) is 24.3 Å². The van der Waals surface area contributed by atoms with E-state index in [2.05, 4.69) is 10.4 Å². The van der Waals surface area contributed by atoms with Gasteiger partial charge in [0.15, 0.2) is 0 Å². The minimum Gasteiger partial charge on any atom is -0.382 e. The van der Waals surface area contributed by atoms with Gasteiger partial charge in [0.1, 0.15) is 11.9 Å². The highest BCUT2D eigenvalue weighted by Crippen LogP contribution is 2.15. The van der Waals surface area contributed by atoms with Crippen LogP contribution in [0.3, 0.4) is 0 Å². The molecule has 1 N–H and O–H groups in total. The summed E-state index contributed by atoms with van der Waals surface area (Å²) in [6.45, 7) is 1.32. The molecule has 0 radical (unpaired) electrons. The van der Waals surface area contributed by atoms with E-state index in [9.17, 15) is 4.39 Å². The van der Waals surface area contributed by atoms with Crippen LogP contribution in [0.2, 0.25) is 0 Å². The van der Waals surface area contributed by atoms with Crippen molar-refractivity contribution in [3.8, 4) is 6.07 Å². The molecule has 0 unspecified atom stereocenters. The molecular formula is C12H11FN4. The van der Waals surface area contributed by atoms with Crippen molar-refractivity contribution in [1.29, 1.82) is 5.26 Å². The van der Waals surface area contributed by atoms with Gasteiger partial charge in [-0.05, 0) is 24.3 Å². The topological polar surface area (TPSA) is 53.6 Å². The number of aromatic nitrogens is 2. The Labute approximate surface area is 98.3 Å². The van der Waals surface area contributed by atoms with Crippen LogP contribution in [0.15, 0.2) is 36.7 Å². The second kappa shape index (κ2) is 5.12. The second-order valence-electron chi connectivity index (χ2n) is 3.50. The SMILES string of the molecule is N#Cc1cc(F)ccc1NCCn1cccn1. The maximum atomic E-state index is 12.9. The van der Waals surface area contributed by atoms with Crippen LogP contribution in [0.5, 0.6) is 0 Å². The van der Waals surface area contributed by atoms with Crippen LogP contribution < -0.4 is 5.32 Å². The molecule has 5 heteroatoms. The van der Waals surface area contributed by atoms with E-state index in [1.807, 2.05) is 18.3 Å². The molecule has 0 bridgehead atoms. The molecule has 0 amide bonds. The van der Waals surface area contributed by atoms with Gasteiger partial charge in [-0.1, -0.05) is 0 Å². The Kier molecular flexibility index (Phi) is 3.36. The molecule has 0 aliphatic rings. The lowest BCUT2D eigenvalue weighted by molar-refractivity contribution is 0.626. The summed E-state index contributed by atoms with van der Waals surface area (Å²) >= 11 is 0. The molecule has 0 fully saturated rings. The summed E-state index contributed by atoms with van der Waals surface area (Å²) in [7, 11) is 0. The van der Waals surface area contributed by atoms with E-state index < -0.39 is 5.82 Å². The molecule has 2 rings (SSSR count). The predicted molar refractivity (Wildman–Crippen MR) is 61.8 cm³/mol. The van der Waals surface area contributed by atoms with E-state index in [1.165, 1.54) is 12.1 Å². The van der Waals surface area contributed by atoms with Gasteiger partial charge < -0.3 is 5.32 Å². The van der Waals surface area contributed by atoms with Gasteiger partial charge in [-0.15, -0.1) is 0 Å². The number of nitrogens with zero attached hydrogens (tertiary/aromatic N) is 3.